The molecule has 3 heterocycles. The minimum Gasteiger partial charge on any atom is -0.481 e. The Bertz CT molecular complexity index is 1650. The Morgan fingerprint density at radius 2 is 1.74 bits per heavy atom. The second-order valence-electron chi connectivity index (χ2n) is 12.7. The maximum absolute atomic E-state index is 14.0. The van der Waals surface area contributed by atoms with Gasteiger partial charge in [-0.15, -0.1) is 0 Å². The van der Waals surface area contributed by atoms with Gasteiger partial charge in [0.1, 0.15) is 23.9 Å². The lowest BCUT2D eigenvalue weighted by Gasteiger charge is -2.32. The second-order valence-corrected chi connectivity index (χ2v) is 14.2. The van der Waals surface area contributed by atoms with Crippen LogP contribution in [0.3, 0.4) is 0 Å². The number of aromatic nitrogens is 2. The van der Waals surface area contributed by atoms with E-state index in [-0.39, 0.29) is 42.4 Å². The summed E-state index contributed by atoms with van der Waals surface area (Å²) < 4.78 is 16.2. The number of amides is 4. The van der Waals surface area contributed by atoms with Crippen molar-refractivity contribution in [1.82, 2.24) is 36.1 Å². The number of fused-ring (bicyclic) bond motifs is 1. The number of nitrogens with zero attached hydrogens (tertiary/aromatic N) is 2. The van der Waals surface area contributed by atoms with Crippen molar-refractivity contribution < 1.29 is 38.3 Å². The number of hydrogen-bond donors (Lipinski definition) is 7. The van der Waals surface area contributed by atoms with Gasteiger partial charge in [-0.2, -0.15) is 0 Å². The molecule has 2 aromatic carbocycles. The standard InChI is InChI=1S/C34H44N7O8P/c1-35-28(16-22-10-13-26(14-11-22)49-21-50(46,47)48)32(43)39-27-9-5-8-25-12-15-30(41(25)34(27)45)33(44)40-29(17-24-19-36-20-38-24)31(42)37-18-23-6-3-2-4-7-23/h2-4,6-7,10-11,13-14,19-20,25,27-30,35H,5,8-9,12,15-18,21H2,1H3,(H,36,38)(H,37,42)(H,39,43)(H,40,44)(H2,46,47,48)/t25?,27-,28+,29-,30-/m0/s1. The number of benzene rings is 2. The van der Waals surface area contributed by atoms with E-state index in [0.29, 0.717) is 44.3 Å². The molecular weight excluding hydrogens is 665 g/mol. The lowest BCUT2D eigenvalue weighted by molar-refractivity contribution is -0.143. The van der Waals surface area contributed by atoms with Gasteiger partial charge < -0.3 is 45.7 Å². The van der Waals surface area contributed by atoms with E-state index in [1.54, 1.807) is 42.4 Å². The number of carbonyl (C=O) groups excluding carboxylic acids is 4. The minimum atomic E-state index is -4.32. The monoisotopic (exact) mass is 709 g/mol. The van der Waals surface area contributed by atoms with Crippen LogP contribution in [-0.4, -0.2) is 91.9 Å². The van der Waals surface area contributed by atoms with Crippen LogP contribution in [0.4, 0.5) is 0 Å². The predicted molar refractivity (Wildman–Crippen MR) is 182 cm³/mol. The molecule has 16 heteroatoms. The Kier molecular flexibility index (Phi) is 12.4. The molecule has 0 bridgehead atoms. The van der Waals surface area contributed by atoms with Gasteiger partial charge in [0, 0.05) is 30.9 Å². The number of carbonyl (C=O) groups is 4. The molecule has 4 amide bonds. The van der Waals surface area contributed by atoms with Crippen molar-refractivity contribution >= 4 is 31.2 Å². The molecular formula is C34H44N7O8P. The van der Waals surface area contributed by atoms with E-state index >= 15 is 0 Å². The fourth-order valence-electron chi connectivity index (χ4n) is 6.47. The number of hydrogen-bond acceptors (Lipinski definition) is 8. The van der Waals surface area contributed by atoms with Crippen molar-refractivity contribution in [3.63, 3.8) is 0 Å². The van der Waals surface area contributed by atoms with Gasteiger partial charge in [-0.3, -0.25) is 23.7 Å². The molecule has 50 heavy (non-hydrogen) atoms. The van der Waals surface area contributed by atoms with Gasteiger partial charge in [-0.05, 0) is 68.8 Å². The third-order valence-electron chi connectivity index (χ3n) is 9.05. The Labute approximate surface area is 290 Å². The van der Waals surface area contributed by atoms with Crippen molar-refractivity contribution in [2.45, 2.75) is 81.7 Å². The fourth-order valence-corrected chi connectivity index (χ4v) is 6.79. The van der Waals surface area contributed by atoms with E-state index < -0.39 is 44.0 Å². The average molecular weight is 710 g/mol. The number of aromatic amines is 1. The number of likely N-dealkylation sites (N-methyl/N-ethyl adjacent to an activating group) is 1. The molecule has 0 saturated carbocycles. The van der Waals surface area contributed by atoms with E-state index in [9.17, 15) is 23.7 Å². The van der Waals surface area contributed by atoms with Gasteiger partial charge in [-0.1, -0.05) is 42.5 Å². The van der Waals surface area contributed by atoms with Crippen LogP contribution in [0.1, 0.15) is 48.9 Å². The summed E-state index contributed by atoms with van der Waals surface area (Å²) >= 11 is 0. The quantitative estimate of drug-likeness (QED) is 0.112. The smallest absolute Gasteiger partial charge is 0.362 e. The molecule has 2 saturated heterocycles. The number of ether oxygens (including phenoxy) is 1. The minimum absolute atomic E-state index is 0.149. The zero-order chi connectivity index (χ0) is 35.7. The summed E-state index contributed by atoms with van der Waals surface area (Å²) in [7, 11) is -2.68. The summed E-state index contributed by atoms with van der Waals surface area (Å²) in [5.74, 6) is -1.20. The van der Waals surface area contributed by atoms with Gasteiger partial charge in [0.25, 0.3) is 0 Å². The summed E-state index contributed by atoms with van der Waals surface area (Å²) in [6.07, 6.45) is 5.73. The van der Waals surface area contributed by atoms with Crippen molar-refractivity contribution in [3.05, 3.63) is 83.9 Å². The van der Waals surface area contributed by atoms with Crippen LogP contribution in [-0.2, 0) is 43.1 Å². The van der Waals surface area contributed by atoms with Gasteiger partial charge in [0.2, 0.25) is 23.6 Å². The summed E-state index contributed by atoms with van der Waals surface area (Å²) in [5.41, 5.74) is 2.36. The highest BCUT2D eigenvalue weighted by Crippen LogP contribution is 2.35. The second kappa shape index (κ2) is 16.9. The number of imidazole rings is 1. The zero-order valence-corrected chi connectivity index (χ0v) is 28.7. The first-order chi connectivity index (χ1) is 24.0. The summed E-state index contributed by atoms with van der Waals surface area (Å²) in [5, 5.41) is 11.7. The lowest BCUT2D eigenvalue weighted by atomic mass is 10.0. The van der Waals surface area contributed by atoms with Crippen LogP contribution in [0.15, 0.2) is 67.1 Å². The van der Waals surface area contributed by atoms with Crippen LogP contribution in [0, 0.1) is 0 Å². The van der Waals surface area contributed by atoms with E-state index in [2.05, 4.69) is 31.2 Å². The fraction of sp³-hybridized carbons (Fsp3) is 0.441. The van der Waals surface area contributed by atoms with Crippen LogP contribution < -0.4 is 26.0 Å². The van der Waals surface area contributed by atoms with Crippen LogP contribution in [0.5, 0.6) is 5.75 Å². The molecule has 268 valence electrons. The summed E-state index contributed by atoms with van der Waals surface area (Å²) in [6, 6.07) is 12.6. The molecule has 0 radical (unpaired) electrons. The van der Waals surface area contributed by atoms with Gasteiger partial charge in [-0.25, -0.2) is 4.98 Å². The first-order valence-electron chi connectivity index (χ1n) is 16.7. The Morgan fingerprint density at radius 1 is 0.980 bits per heavy atom. The van der Waals surface area contributed by atoms with E-state index in [1.165, 1.54) is 6.33 Å². The third-order valence-corrected chi connectivity index (χ3v) is 9.52. The van der Waals surface area contributed by atoms with Crippen molar-refractivity contribution in [2.75, 3.05) is 13.4 Å². The molecule has 7 N–H and O–H groups in total. The van der Waals surface area contributed by atoms with Crippen molar-refractivity contribution in [3.8, 4) is 5.75 Å². The SMILES string of the molecule is CN[C@H](Cc1ccc(OCP(=O)(O)O)cc1)C(=O)N[C@H]1CCCC2CC[C@@H](C(=O)N[C@@H](Cc3cnc[nH]3)C(=O)NCc3ccccc3)N2C1=O. The molecule has 0 aliphatic carbocycles. The van der Waals surface area contributed by atoms with Gasteiger partial charge in [0.15, 0.2) is 6.35 Å². The largest absolute Gasteiger partial charge is 0.481 e. The van der Waals surface area contributed by atoms with Crippen molar-refractivity contribution in [1.29, 1.82) is 0 Å². The molecule has 2 fully saturated rings. The molecule has 15 nitrogen and oxygen atoms in total. The molecule has 1 aromatic heterocycles. The molecule has 3 aromatic rings. The molecule has 5 atom stereocenters. The van der Waals surface area contributed by atoms with E-state index in [0.717, 1.165) is 11.1 Å². The molecule has 0 spiro atoms. The van der Waals surface area contributed by atoms with Crippen molar-refractivity contribution in [2.24, 2.45) is 0 Å². The number of nitrogens with one attached hydrogen (secondary N) is 5. The number of H-pyrrole nitrogens is 1. The number of rotatable bonds is 15. The Morgan fingerprint density at radius 3 is 2.42 bits per heavy atom. The van der Waals surface area contributed by atoms with E-state index in [1.807, 2.05) is 30.3 Å². The third kappa shape index (κ3) is 10.0. The molecule has 5 rings (SSSR count). The average Bonchev–Trinajstić information content (AvgIpc) is 3.75. The maximum Gasteiger partial charge on any atom is 0.362 e. The highest BCUT2D eigenvalue weighted by atomic mass is 31.2. The lowest BCUT2D eigenvalue weighted by Crippen LogP contribution is -2.58. The summed E-state index contributed by atoms with van der Waals surface area (Å²) in [6.45, 7) is 0.291. The normalized spacial score (nSPS) is 20.3. The van der Waals surface area contributed by atoms with Gasteiger partial charge >= 0.3 is 7.60 Å². The zero-order valence-electron chi connectivity index (χ0n) is 27.8. The van der Waals surface area contributed by atoms with E-state index in [4.69, 9.17) is 14.5 Å². The molecule has 2 aliphatic heterocycles. The molecule has 1 unspecified atom stereocenters. The highest BCUT2D eigenvalue weighted by Gasteiger charge is 2.45. The molecule has 2 aliphatic rings. The first-order valence-corrected chi connectivity index (χ1v) is 18.5. The van der Waals surface area contributed by atoms with Crippen LogP contribution >= 0.6 is 7.60 Å². The first kappa shape index (κ1) is 36.7. The predicted octanol–water partition coefficient (Wildman–Crippen LogP) is 1.13. The summed E-state index contributed by atoms with van der Waals surface area (Å²) in [4.78, 5) is 81.3. The maximum atomic E-state index is 14.0. The Balaban J connectivity index is 1.22. The van der Waals surface area contributed by atoms with Crippen LogP contribution in [0.2, 0.25) is 0 Å². The van der Waals surface area contributed by atoms with Gasteiger partial charge in [0.05, 0.1) is 12.4 Å². The highest BCUT2D eigenvalue weighted by molar-refractivity contribution is 7.51. The topological polar surface area (TPSA) is 215 Å². The van der Waals surface area contributed by atoms with Crippen LogP contribution in [0.25, 0.3) is 0 Å². The Hall–Kier alpha value is -4.56.